The number of rotatable bonds is 4. The highest BCUT2D eigenvalue weighted by molar-refractivity contribution is 9.09. The fourth-order valence-electron chi connectivity index (χ4n) is 1.64. The van der Waals surface area contributed by atoms with Crippen molar-refractivity contribution in [2.24, 2.45) is 0 Å². The minimum atomic E-state index is -0.594. The molecule has 1 heterocycles. The smallest absolute Gasteiger partial charge is 0.137 e. The van der Waals surface area contributed by atoms with E-state index in [1.807, 2.05) is 0 Å². The molecule has 0 amide bonds. The highest BCUT2D eigenvalue weighted by atomic mass is 79.9. The lowest BCUT2D eigenvalue weighted by Crippen LogP contribution is -2.09. The Balaban J connectivity index is 2.35. The van der Waals surface area contributed by atoms with Crippen LogP contribution in [0.3, 0.4) is 0 Å². The van der Waals surface area contributed by atoms with E-state index in [-0.39, 0.29) is 5.56 Å². The molecule has 1 aromatic rings. The molecule has 0 spiro atoms. The van der Waals surface area contributed by atoms with Crippen LogP contribution in [-0.2, 0) is 4.79 Å². The number of allylic oxidation sites excluding steroid dienone is 1. The molecule has 0 bridgehead atoms. The first-order valence-electron chi connectivity index (χ1n) is 5.07. The Morgan fingerprint density at radius 1 is 1.53 bits per heavy atom. The van der Waals surface area contributed by atoms with E-state index in [0.717, 1.165) is 0 Å². The molecule has 0 fully saturated rings. The van der Waals surface area contributed by atoms with Gasteiger partial charge in [0.05, 0.1) is 18.8 Å². The van der Waals surface area contributed by atoms with Crippen LogP contribution in [-0.4, -0.2) is 18.2 Å². The van der Waals surface area contributed by atoms with E-state index >= 15 is 0 Å². The fourth-order valence-corrected chi connectivity index (χ4v) is 1.80. The molecular formula is C12H10BrFO3. The van der Waals surface area contributed by atoms with Crippen LogP contribution >= 0.6 is 15.9 Å². The van der Waals surface area contributed by atoms with Crippen molar-refractivity contribution in [1.29, 1.82) is 0 Å². The van der Waals surface area contributed by atoms with Crippen LogP contribution in [0.25, 0.3) is 0 Å². The molecule has 90 valence electrons. The predicted molar refractivity (Wildman–Crippen MR) is 64.3 cm³/mol. The number of ether oxygens (including phenoxy) is 2. The number of carbonyl (C=O) groups excluding carboxylic acids is 1. The number of alkyl halides is 1. The van der Waals surface area contributed by atoms with Gasteiger partial charge in [0, 0.05) is 23.0 Å². The third kappa shape index (κ3) is 2.49. The molecule has 17 heavy (non-hydrogen) atoms. The number of halogens is 2. The van der Waals surface area contributed by atoms with Gasteiger partial charge in [-0.25, -0.2) is 4.39 Å². The first-order chi connectivity index (χ1) is 8.26. The summed E-state index contributed by atoms with van der Waals surface area (Å²) in [5, 5.41) is 0.656. The summed E-state index contributed by atoms with van der Waals surface area (Å²) in [4.78, 5) is 10.8. The predicted octanol–water partition coefficient (Wildman–Crippen LogP) is 2.79. The molecule has 0 aromatic heterocycles. The largest absolute Gasteiger partial charge is 0.492 e. The highest BCUT2D eigenvalue weighted by Gasteiger charge is 2.22. The average molecular weight is 301 g/mol. The second-order valence-electron chi connectivity index (χ2n) is 3.46. The van der Waals surface area contributed by atoms with Gasteiger partial charge >= 0.3 is 0 Å². The van der Waals surface area contributed by atoms with E-state index in [4.69, 9.17) is 9.47 Å². The number of benzene rings is 1. The van der Waals surface area contributed by atoms with Gasteiger partial charge in [-0.2, -0.15) is 0 Å². The number of carbonyl (C=O) groups is 1. The second-order valence-corrected chi connectivity index (χ2v) is 4.26. The summed E-state index contributed by atoms with van der Waals surface area (Å²) in [5.41, 5.74) is 0.258. The number of hydrogen-bond donors (Lipinski definition) is 0. The van der Waals surface area contributed by atoms with Gasteiger partial charge in [0.2, 0.25) is 0 Å². The van der Waals surface area contributed by atoms with Crippen molar-refractivity contribution in [2.45, 2.75) is 5.92 Å². The van der Waals surface area contributed by atoms with Gasteiger partial charge in [-0.1, -0.05) is 15.9 Å². The van der Waals surface area contributed by atoms with Crippen LogP contribution in [0.1, 0.15) is 11.5 Å². The summed E-state index contributed by atoms with van der Waals surface area (Å²) < 4.78 is 24.3. The number of aldehydes is 1. The molecule has 0 N–H and O–H groups in total. The lowest BCUT2D eigenvalue weighted by atomic mass is 9.97. The van der Waals surface area contributed by atoms with Crippen LogP contribution in [0.5, 0.6) is 11.5 Å². The summed E-state index contributed by atoms with van der Waals surface area (Å²) in [6.07, 6.45) is 3.58. The summed E-state index contributed by atoms with van der Waals surface area (Å²) in [5.74, 6) is -0.368. The SMILES string of the molecule is O=CC1C=COc2cc(OCCBr)cc(F)c21. The molecule has 1 aromatic carbocycles. The van der Waals surface area contributed by atoms with E-state index < -0.39 is 11.7 Å². The number of fused-ring (bicyclic) bond motifs is 1. The first-order valence-corrected chi connectivity index (χ1v) is 6.19. The zero-order valence-electron chi connectivity index (χ0n) is 8.86. The van der Waals surface area contributed by atoms with Crippen molar-refractivity contribution in [3.8, 4) is 11.5 Å². The van der Waals surface area contributed by atoms with Gasteiger partial charge in [0.25, 0.3) is 0 Å². The molecule has 0 aliphatic carbocycles. The Labute approximate surface area is 106 Å². The highest BCUT2D eigenvalue weighted by Crippen LogP contribution is 2.36. The van der Waals surface area contributed by atoms with E-state index in [1.54, 1.807) is 6.07 Å². The minimum Gasteiger partial charge on any atom is -0.492 e. The van der Waals surface area contributed by atoms with Crippen LogP contribution in [0.15, 0.2) is 24.5 Å². The molecule has 0 saturated heterocycles. The number of hydrogen-bond acceptors (Lipinski definition) is 3. The standard InChI is InChI=1S/C12H10BrFO3/c13-2-4-16-9-5-10(14)12-8(7-15)1-3-17-11(12)6-9/h1,3,5-8H,2,4H2. The molecule has 2 rings (SSSR count). The Kier molecular flexibility index (Phi) is 3.78. The maximum atomic E-state index is 13.8. The van der Waals surface area contributed by atoms with E-state index in [1.165, 1.54) is 18.4 Å². The Hall–Kier alpha value is -1.36. The molecule has 1 aliphatic heterocycles. The van der Waals surface area contributed by atoms with Gasteiger partial charge in [-0.3, -0.25) is 0 Å². The summed E-state index contributed by atoms with van der Waals surface area (Å²) in [6.45, 7) is 0.436. The zero-order valence-corrected chi connectivity index (χ0v) is 10.4. The van der Waals surface area contributed by atoms with Crippen LogP contribution in [0.2, 0.25) is 0 Å². The Bertz CT molecular complexity index is 459. The van der Waals surface area contributed by atoms with E-state index in [0.29, 0.717) is 29.7 Å². The van der Waals surface area contributed by atoms with Gasteiger partial charge < -0.3 is 14.3 Å². The van der Waals surface area contributed by atoms with Crippen molar-refractivity contribution in [2.75, 3.05) is 11.9 Å². The zero-order chi connectivity index (χ0) is 12.3. The molecule has 0 radical (unpaired) electrons. The van der Waals surface area contributed by atoms with E-state index in [2.05, 4.69) is 15.9 Å². The van der Waals surface area contributed by atoms with Crippen molar-refractivity contribution >= 4 is 22.2 Å². The van der Waals surface area contributed by atoms with Gasteiger partial charge in [-0.15, -0.1) is 0 Å². The molecule has 1 aliphatic rings. The quantitative estimate of drug-likeness (QED) is 0.633. The molecule has 1 unspecified atom stereocenters. The topological polar surface area (TPSA) is 35.5 Å². The molecule has 1 atom stereocenters. The molecular weight excluding hydrogens is 291 g/mol. The maximum absolute atomic E-state index is 13.8. The van der Waals surface area contributed by atoms with Crippen LogP contribution in [0, 0.1) is 5.82 Å². The van der Waals surface area contributed by atoms with Crippen molar-refractivity contribution in [3.63, 3.8) is 0 Å². The van der Waals surface area contributed by atoms with Gasteiger partial charge in [0.15, 0.2) is 0 Å². The summed E-state index contributed by atoms with van der Waals surface area (Å²) in [7, 11) is 0. The third-order valence-corrected chi connectivity index (χ3v) is 2.70. The van der Waals surface area contributed by atoms with E-state index in [9.17, 15) is 9.18 Å². The van der Waals surface area contributed by atoms with Gasteiger partial charge in [-0.05, 0) is 6.08 Å². The Morgan fingerprint density at radius 2 is 2.35 bits per heavy atom. The second kappa shape index (κ2) is 5.31. The summed E-state index contributed by atoms with van der Waals surface area (Å²) in [6, 6.07) is 2.85. The minimum absolute atomic E-state index is 0.258. The van der Waals surface area contributed by atoms with Crippen LogP contribution in [0.4, 0.5) is 4.39 Å². The summed E-state index contributed by atoms with van der Waals surface area (Å²) >= 11 is 3.21. The maximum Gasteiger partial charge on any atom is 0.137 e. The Morgan fingerprint density at radius 3 is 3.06 bits per heavy atom. The lowest BCUT2D eigenvalue weighted by molar-refractivity contribution is -0.108. The lowest BCUT2D eigenvalue weighted by Gasteiger charge is -2.18. The molecule has 5 heteroatoms. The van der Waals surface area contributed by atoms with Crippen molar-refractivity contribution < 1.29 is 18.7 Å². The monoisotopic (exact) mass is 300 g/mol. The van der Waals surface area contributed by atoms with Gasteiger partial charge in [0.1, 0.15) is 23.6 Å². The first kappa shape index (κ1) is 12.1. The van der Waals surface area contributed by atoms with Crippen LogP contribution < -0.4 is 9.47 Å². The normalized spacial score (nSPS) is 17.2. The molecule has 3 nitrogen and oxygen atoms in total. The molecule has 0 saturated carbocycles. The fraction of sp³-hybridized carbons (Fsp3) is 0.250. The average Bonchev–Trinajstić information content (AvgIpc) is 2.35. The van der Waals surface area contributed by atoms with Crippen molar-refractivity contribution in [3.05, 3.63) is 35.9 Å². The van der Waals surface area contributed by atoms with Crippen molar-refractivity contribution in [1.82, 2.24) is 0 Å². The third-order valence-electron chi connectivity index (χ3n) is 2.37.